The summed E-state index contributed by atoms with van der Waals surface area (Å²) in [4.78, 5) is 24.5. The predicted molar refractivity (Wildman–Crippen MR) is 148 cm³/mol. The summed E-state index contributed by atoms with van der Waals surface area (Å²) in [7, 11) is 0. The maximum Gasteiger partial charge on any atom is 0.172 e. The van der Waals surface area contributed by atoms with E-state index >= 15 is 0 Å². The fourth-order valence-electron chi connectivity index (χ4n) is 5.38. The molecule has 1 aliphatic carbocycles. The summed E-state index contributed by atoms with van der Waals surface area (Å²) < 4.78 is 7.02. The molecule has 11 heteroatoms. The van der Waals surface area contributed by atoms with Crippen LogP contribution >= 0.6 is 35.6 Å². The van der Waals surface area contributed by atoms with Crippen LogP contribution in [0, 0.1) is 18.3 Å². The Kier molecular flexibility index (Phi) is 9.07. The molecule has 0 spiro atoms. The zero-order chi connectivity index (χ0) is 26.0. The molecule has 3 aromatic rings. The highest BCUT2D eigenvalue weighted by atomic mass is 35.5. The molecule has 1 aliphatic heterocycles. The van der Waals surface area contributed by atoms with Crippen LogP contribution in [-0.4, -0.2) is 62.8 Å². The van der Waals surface area contributed by atoms with Crippen LogP contribution in [0.5, 0.6) is 0 Å². The van der Waals surface area contributed by atoms with Crippen LogP contribution in [0.25, 0.3) is 5.82 Å². The molecule has 0 N–H and O–H groups in total. The highest BCUT2D eigenvalue weighted by Gasteiger charge is 2.40. The predicted octanol–water partition coefficient (Wildman–Crippen LogP) is 5.16. The molecule has 0 bridgehead atoms. The molecule has 3 aromatic heterocycles. The Labute approximate surface area is 238 Å². The van der Waals surface area contributed by atoms with Gasteiger partial charge < -0.3 is 4.74 Å². The van der Waals surface area contributed by atoms with E-state index < -0.39 is 5.41 Å². The molecule has 0 atom stereocenters. The van der Waals surface area contributed by atoms with Crippen LogP contribution in [0.4, 0.5) is 0 Å². The number of nitriles is 1. The Bertz CT molecular complexity index is 1320. The van der Waals surface area contributed by atoms with E-state index in [9.17, 15) is 10.1 Å². The van der Waals surface area contributed by atoms with E-state index in [2.05, 4.69) is 26.0 Å². The lowest BCUT2D eigenvalue weighted by Crippen LogP contribution is -2.47. The van der Waals surface area contributed by atoms with E-state index in [-0.39, 0.29) is 24.6 Å². The van der Waals surface area contributed by atoms with Gasteiger partial charge in [-0.1, -0.05) is 29.3 Å². The number of ether oxygens (including phenoxy) is 1. The first-order valence-electron chi connectivity index (χ1n) is 12.5. The lowest BCUT2D eigenvalue weighted by molar-refractivity contribution is 0.00493. The fraction of sp³-hybridized carbons (Fsp3) is 0.444. The number of aromatic nitrogens is 4. The molecule has 8 nitrogen and oxygen atoms in total. The van der Waals surface area contributed by atoms with E-state index in [0.717, 1.165) is 63.2 Å². The van der Waals surface area contributed by atoms with Crippen LogP contribution < -0.4 is 0 Å². The Hall–Kier alpha value is -2.54. The number of hydrogen-bond donors (Lipinski definition) is 0. The second-order valence-electron chi connectivity index (χ2n) is 9.74. The van der Waals surface area contributed by atoms with Crippen molar-refractivity contribution in [2.45, 2.75) is 50.5 Å². The third-order valence-corrected chi connectivity index (χ3v) is 8.05. The van der Waals surface area contributed by atoms with Gasteiger partial charge in [-0.3, -0.25) is 14.7 Å². The quantitative estimate of drug-likeness (QED) is 0.375. The van der Waals surface area contributed by atoms with Gasteiger partial charge in [-0.2, -0.15) is 10.4 Å². The van der Waals surface area contributed by atoms with E-state index in [0.29, 0.717) is 33.2 Å². The number of carbonyl (C=O) groups is 1. The number of rotatable bonds is 6. The summed E-state index contributed by atoms with van der Waals surface area (Å²) in [6.45, 7) is 5.30. The zero-order valence-electron chi connectivity index (χ0n) is 21.1. The van der Waals surface area contributed by atoms with Crippen molar-refractivity contribution < 1.29 is 9.53 Å². The minimum Gasteiger partial charge on any atom is -0.379 e. The Balaban J connectivity index is 0.00000336. The number of morpholine rings is 1. The molecule has 4 heterocycles. The van der Waals surface area contributed by atoms with Crippen LogP contribution in [0.3, 0.4) is 0 Å². The van der Waals surface area contributed by atoms with Crippen molar-refractivity contribution in [2.24, 2.45) is 0 Å². The Morgan fingerprint density at radius 2 is 1.89 bits per heavy atom. The molecular weight excluding hydrogens is 547 g/mol. The van der Waals surface area contributed by atoms with Gasteiger partial charge in [0.05, 0.1) is 57.9 Å². The first-order valence-corrected chi connectivity index (χ1v) is 13.2. The average Bonchev–Trinajstić information content (AvgIpc) is 3.30. The average molecular weight is 576 g/mol. The normalized spacial score (nSPS) is 21.9. The zero-order valence-corrected chi connectivity index (χ0v) is 23.4. The molecule has 1 saturated carbocycles. The SMILES string of the molecule is Cc1c(C(=O)Cc2ccc(C3(C#N)CCC(N4CCOCC4)CC3)nc2)cnn1-c1ncc(Cl)cc1Cl.Cl. The van der Waals surface area contributed by atoms with E-state index in [1.54, 1.807) is 19.2 Å². The molecule has 0 radical (unpaired) electrons. The monoisotopic (exact) mass is 574 g/mol. The first kappa shape index (κ1) is 28.5. The topological polar surface area (TPSA) is 96.9 Å². The summed E-state index contributed by atoms with van der Waals surface area (Å²) in [6, 6.07) is 8.48. The van der Waals surface area contributed by atoms with Gasteiger partial charge in [0.15, 0.2) is 11.6 Å². The summed E-state index contributed by atoms with van der Waals surface area (Å²) in [5.41, 5.74) is 2.14. The molecule has 5 rings (SSSR count). The molecule has 2 fully saturated rings. The number of nitrogens with zero attached hydrogens (tertiary/aromatic N) is 6. The highest BCUT2D eigenvalue weighted by Crippen LogP contribution is 2.39. The molecule has 2 aliphatic rings. The molecule has 0 aromatic carbocycles. The van der Waals surface area contributed by atoms with Crippen LogP contribution in [0.2, 0.25) is 10.0 Å². The van der Waals surface area contributed by atoms with Crippen LogP contribution in [0.1, 0.15) is 53.0 Å². The maximum atomic E-state index is 13.1. The van der Waals surface area contributed by atoms with E-state index in [1.165, 1.54) is 17.1 Å². The fourth-order valence-corrected chi connectivity index (χ4v) is 5.84. The molecule has 1 saturated heterocycles. The standard InChI is InChI=1S/C27H28Cl2N6O2.ClH/c1-18-22(16-33-35(18)26-23(29)13-20(28)15-32-26)24(36)12-19-2-3-25(31-14-19)27(17-30)6-4-21(5-7-27)34-8-10-37-11-9-34;/h2-3,13-16,21H,4-12H2,1H3;1H. The lowest BCUT2D eigenvalue weighted by Gasteiger charge is -2.41. The van der Waals surface area contributed by atoms with Gasteiger partial charge in [0.2, 0.25) is 0 Å². The van der Waals surface area contributed by atoms with E-state index in [1.807, 2.05) is 12.1 Å². The summed E-state index contributed by atoms with van der Waals surface area (Å²) >= 11 is 12.2. The van der Waals surface area contributed by atoms with Gasteiger partial charge in [0.1, 0.15) is 0 Å². The van der Waals surface area contributed by atoms with Crippen molar-refractivity contribution in [3.8, 4) is 11.9 Å². The van der Waals surface area contributed by atoms with Crippen molar-refractivity contribution in [3.05, 3.63) is 69.3 Å². The first-order chi connectivity index (χ1) is 17.9. The highest BCUT2D eigenvalue weighted by molar-refractivity contribution is 6.35. The number of ketones is 1. The molecule has 0 unspecified atom stereocenters. The third kappa shape index (κ3) is 5.73. The largest absolute Gasteiger partial charge is 0.379 e. The number of carbonyl (C=O) groups excluding carboxylic acids is 1. The second kappa shape index (κ2) is 12.1. The number of hydrogen-bond acceptors (Lipinski definition) is 7. The van der Waals surface area contributed by atoms with Crippen molar-refractivity contribution >= 4 is 41.4 Å². The molecular formula is C27H29Cl3N6O2. The van der Waals surface area contributed by atoms with E-state index in [4.69, 9.17) is 27.9 Å². The Morgan fingerprint density at radius 3 is 2.53 bits per heavy atom. The van der Waals surface area contributed by atoms with Crippen molar-refractivity contribution in [2.75, 3.05) is 26.3 Å². The number of halogens is 3. The van der Waals surface area contributed by atoms with Gasteiger partial charge in [-0.25, -0.2) is 9.67 Å². The maximum absolute atomic E-state index is 13.1. The van der Waals surface area contributed by atoms with Gasteiger partial charge in [-0.05, 0) is 50.3 Å². The Morgan fingerprint density at radius 1 is 1.16 bits per heavy atom. The van der Waals surface area contributed by atoms with Crippen LogP contribution in [-0.2, 0) is 16.6 Å². The molecule has 38 heavy (non-hydrogen) atoms. The summed E-state index contributed by atoms with van der Waals surface area (Å²) in [6.07, 6.45) is 8.45. The minimum atomic E-state index is -0.575. The second-order valence-corrected chi connectivity index (χ2v) is 10.6. The summed E-state index contributed by atoms with van der Waals surface area (Å²) in [5, 5.41) is 15.2. The number of Topliss-reactive ketones (excluding diaryl/α,β-unsaturated/α-hetero) is 1. The molecule has 0 amide bonds. The summed E-state index contributed by atoms with van der Waals surface area (Å²) in [5.74, 6) is 0.336. The van der Waals surface area contributed by atoms with Gasteiger partial charge >= 0.3 is 0 Å². The van der Waals surface area contributed by atoms with Crippen molar-refractivity contribution in [1.82, 2.24) is 24.6 Å². The van der Waals surface area contributed by atoms with Gasteiger partial charge in [0.25, 0.3) is 0 Å². The van der Waals surface area contributed by atoms with Crippen LogP contribution in [0.15, 0.2) is 36.8 Å². The minimum absolute atomic E-state index is 0. The smallest absolute Gasteiger partial charge is 0.172 e. The van der Waals surface area contributed by atoms with Crippen molar-refractivity contribution in [1.29, 1.82) is 5.26 Å². The lowest BCUT2D eigenvalue weighted by atomic mass is 9.71. The molecule has 200 valence electrons. The number of pyridine rings is 2. The third-order valence-electron chi connectivity index (χ3n) is 7.56. The van der Waals surface area contributed by atoms with Gasteiger partial charge in [0, 0.05) is 37.9 Å². The van der Waals surface area contributed by atoms with Crippen molar-refractivity contribution in [3.63, 3.8) is 0 Å². The van der Waals surface area contributed by atoms with Gasteiger partial charge in [-0.15, -0.1) is 12.4 Å².